The molecule has 3 aromatic rings. The van der Waals surface area contributed by atoms with Gasteiger partial charge in [-0.3, -0.25) is 0 Å². The third-order valence-electron chi connectivity index (χ3n) is 3.15. The van der Waals surface area contributed by atoms with Gasteiger partial charge in [-0.2, -0.15) is 10.2 Å². The van der Waals surface area contributed by atoms with Gasteiger partial charge in [0.05, 0.1) is 5.69 Å². The lowest BCUT2D eigenvalue weighted by Crippen LogP contribution is -2.04. The molecule has 0 fully saturated rings. The lowest BCUT2D eigenvalue weighted by molar-refractivity contribution is 0.463. The lowest BCUT2D eigenvalue weighted by atomic mass is 10.1. The third-order valence-corrected chi connectivity index (χ3v) is 3.15. The molecule has 0 unspecified atom stereocenters. The molecule has 2 heterocycles. The van der Waals surface area contributed by atoms with Crippen molar-refractivity contribution >= 4 is 5.82 Å². The quantitative estimate of drug-likeness (QED) is 0.774. The van der Waals surface area contributed by atoms with Gasteiger partial charge in [0.15, 0.2) is 0 Å². The van der Waals surface area contributed by atoms with E-state index in [-0.39, 0.29) is 5.75 Å². The van der Waals surface area contributed by atoms with Gasteiger partial charge in [0, 0.05) is 36.1 Å². The van der Waals surface area contributed by atoms with E-state index < -0.39 is 5.82 Å². The summed E-state index contributed by atoms with van der Waals surface area (Å²) in [7, 11) is 0. The second-order valence-corrected chi connectivity index (χ2v) is 4.64. The molecule has 0 amide bonds. The Morgan fingerprint density at radius 1 is 1.09 bits per heavy atom. The second kappa shape index (κ2) is 6.17. The minimum atomic E-state index is -0.473. The van der Waals surface area contributed by atoms with Gasteiger partial charge in [0.25, 0.3) is 0 Å². The summed E-state index contributed by atoms with van der Waals surface area (Å²) in [4.78, 5) is 4.28. The fourth-order valence-electron chi connectivity index (χ4n) is 2.06. The van der Waals surface area contributed by atoms with E-state index in [4.69, 9.17) is 0 Å². The fraction of sp³-hybridized carbons (Fsp3) is 0.0625. The summed E-state index contributed by atoms with van der Waals surface area (Å²) in [6, 6.07) is 11.2. The van der Waals surface area contributed by atoms with Crippen molar-refractivity contribution < 1.29 is 9.50 Å². The zero-order valence-corrected chi connectivity index (χ0v) is 11.6. The van der Waals surface area contributed by atoms with Crippen LogP contribution in [0.1, 0.15) is 5.56 Å². The van der Waals surface area contributed by atoms with Gasteiger partial charge in [-0.05, 0) is 30.3 Å². The normalized spacial score (nSPS) is 10.4. The largest absolute Gasteiger partial charge is 0.507 e. The Labute approximate surface area is 126 Å². The predicted octanol–water partition coefficient (Wildman–Crippen LogP) is 3.00. The molecule has 0 bridgehead atoms. The van der Waals surface area contributed by atoms with Crippen molar-refractivity contribution in [1.82, 2.24) is 15.2 Å². The molecule has 110 valence electrons. The Hall–Kier alpha value is -3.02. The number of anilines is 1. The summed E-state index contributed by atoms with van der Waals surface area (Å²) < 4.78 is 13.0. The maximum atomic E-state index is 13.0. The molecular weight excluding hydrogens is 283 g/mol. The van der Waals surface area contributed by atoms with Crippen LogP contribution in [0.25, 0.3) is 11.3 Å². The number of benzene rings is 1. The van der Waals surface area contributed by atoms with Crippen molar-refractivity contribution in [3.8, 4) is 17.0 Å². The monoisotopic (exact) mass is 296 g/mol. The molecule has 0 atom stereocenters. The Morgan fingerprint density at radius 3 is 2.73 bits per heavy atom. The van der Waals surface area contributed by atoms with Gasteiger partial charge in [-0.1, -0.05) is 6.07 Å². The standard InChI is InChI=1S/C16H13FN4O/c17-12-6-5-11(15(22)9-12)10-19-16-13(3-1-7-18-16)14-4-2-8-20-21-14/h1-9,22H,10H2,(H,18,19). The zero-order valence-electron chi connectivity index (χ0n) is 11.6. The average Bonchev–Trinajstić information content (AvgIpc) is 2.55. The Bertz CT molecular complexity index is 780. The SMILES string of the molecule is Oc1cc(F)ccc1CNc1ncccc1-c1cccnn1. The van der Waals surface area contributed by atoms with Crippen LogP contribution < -0.4 is 5.32 Å². The number of pyridine rings is 1. The van der Waals surface area contributed by atoms with Gasteiger partial charge in [0.2, 0.25) is 0 Å². The molecule has 1 aromatic carbocycles. The third kappa shape index (κ3) is 3.01. The van der Waals surface area contributed by atoms with Crippen molar-refractivity contribution in [3.05, 3.63) is 66.2 Å². The van der Waals surface area contributed by atoms with Crippen LogP contribution in [0, 0.1) is 5.82 Å². The minimum Gasteiger partial charge on any atom is -0.507 e. The van der Waals surface area contributed by atoms with Crippen LogP contribution in [-0.4, -0.2) is 20.3 Å². The van der Waals surface area contributed by atoms with E-state index in [0.29, 0.717) is 23.6 Å². The summed E-state index contributed by atoms with van der Waals surface area (Å²) >= 11 is 0. The van der Waals surface area contributed by atoms with Crippen LogP contribution in [-0.2, 0) is 6.54 Å². The van der Waals surface area contributed by atoms with Crippen LogP contribution in [0.4, 0.5) is 10.2 Å². The maximum Gasteiger partial charge on any atom is 0.135 e. The summed E-state index contributed by atoms with van der Waals surface area (Å²) in [6.07, 6.45) is 3.26. The molecule has 5 nitrogen and oxygen atoms in total. The molecule has 0 saturated carbocycles. The highest BCUT2D eigenvalue weighted by Gasteiger charge is 2.08. The highest BCUT2D eigenvalue weighted by atomic mass is 19.1. The zero-order chi connectivity index (χ0) is 15.4. The first kappa shape index (κ1) is 13.9. The van der Waals surface area contributed by atoms with Gasteiger partial charge < -0.3 is 10.4 Å². The predicted molar refractivity (Wildman–Crippen MR) is 80.7 cm³/mol. The summed E-state index contributed by atoms with van der Waals surface area (Å²) in [5.74, 6) is 0.0514. The molecule has 2 aromatic heterocycles. The maximum absolute atomic E-state index is 13.0. The molecule has 22 heavy (non-hydrogen) atoms. The molecule has 0 aliphatic heterocycles. The molecule has 0 radical (unpaired) electrons. The van der Waals surface area contributed by atoms with E-state index in [2.05, 4.69) is 20.5 Å². The highest BCUT2D eigenvalue weighted by Crippen LogP contribution is 2.25. The number of aromatic nitrogens is 3. The lowest BCUT2D eigenvalue weighted by Gasteiger charge is -2.11. The number of hydrogen-bond acceptors (Lipinski definition) is 5. The highest BCUT2D eigenvalue weighted by molar-refractivity contribution is 5.71. The Morgan fingerprint density at radius 2 is 1.95 bits per heavy atom. The molecule has 0 aliphatic carbocycles. The van der Waals surface area contributed by atoms with Gasteiger partial charge in [0.1, 0.15) is 17.4 Å². The van der Waals surface area contributed by atoms with E-state index >= 15 is 0 Å². The minimum absolute atomic E-state index is 0.0931. The van der Waals surface area contributed by atoms with Gasteiger partial charge in [-0.25, -0.2) is 9.37 Å². The second-order valence-electron chi connectivity index (χ2n) is 4.64. The van der Waals surface area contributed by atoms with Crippen LogP contribution in [0.15, 0.2) is 54.9 Å². The van der Waals surface area contributed by atoms with Crippen molar-refractivity contribution in [3.63, 3.8) is 0 Å². The molecule has 6 heteroatoms. The topological polar surface area (TPSA) is 70.9 Å². The van der Waals surface area contributed by atoms with Crippen LogP contribution in [0.3, 0.4) is 0 Å². The van der Waals surface area contributed by atoms with E-state index in [0.717, 1.165) is 11.6 Å². The van der Waals surface area contributed by atoms with Crippen molar-refractivity contribution in [1.29, 1.82) is 0 Å². The smallest absolute Gasteiger partial charge is 0.135 e. The van der Waals surface area contributed by atoms with E-state index in [1.54, 1.807) is 18.5 Å². The van der Waals surface area contributed by atoms with Crippen LogP contribution in [0.5, 0.6) is 5.75 Å². The Balaban J connectivity index is 1.84. The number of nitrogens with one attached hydrogen (secondary N) is 1. The number of nitrogens with zero attached hydrogens (tertiary/aromatic N) is 3. The number of aromatic hydroxyl groups is 1. The average molecular weight is 296 g/mol. The van der Waals surface area contributed by atoms with Crippen molar-refractivity contribution in [2.24, 2.45) is 0 Å². The molecule has 0 saturated heterocycles. The van der Waals surface area contributed by atoms with Gasteiger partial charge >= 0.3 is 0 Å². The summed E-state index contributed by atoms with van der Waals surface area (Å²) in [5.41, 5.74) is 2.08. The summed E-state index contributed by atoms with van der Waals surface area (Å²) in [6.45, 7) is 0.316. The Kier molecular flexibility index (Phi) is 3.91. The molecule has 2 N–H and O–H groups in total. The fourth-order valence-corrected chi connectivity index (χ4v) is 2.06. The van der Waals surface area contributed by atoms with E-state index in [9.17, 15) is 9.50 Å². The van der Waals surface area contributed by atoms with Crippen molar-refractivity contribution in [2.45, 2.75) is 6.54 Å². The first-order valence-corrected chi connectivity index (χ1v) is 6.68. The number of rotatable bonds is 4. The van der Waals surface area contributed by atoms with Gasteiger partial charge in [-0.15, -0.1) is 0 Å². The molecule has 0 aliphatic rings. The first-order valence-electron chi connectivity index (χ1n) is 6.68. The first-order chi connectivity index (χ1) is 10.7. The number of phenols is 1. The summed E-state index contributed by atoms with van der Waals surface area (Å²) in [5, 5.41) is 20.8. The van der Waals surface area contributed by atoms with E-state index in [1.165, 1.54) is 12.1 Å². The number of phenolic OH excluding ortho intramolecular Hbond substituents is 1. The molecular formula is C16H13FN4O. The van der Waals surface area contributed by atoms with Crippen molar-refractivity contribution in [2.75, 3.05) is 5.32 Å². The number of halogens is 1. The molecule has 0 spiro atoms. The molecule has 3 rings (SSSR count). The van der Waals surface area contributed by atoms with Crippen LogP contribution >= 0.6 is 0 Å². The number of hydrogen-bond donors (Lipinski definition) is 2. The van der Waals surface area contributed by atoms with E-state index in [1.807, 2.05) is 18.2 Å². The van der Waals surface area contributed by atoms with Crippen LogP contribution in [0.2, 0.25) is 0 Å².